The summed E-state index contributed by atoms with van der Waals surface area (Å²) in [6.45, 7) is 0.654. The third kappa shape index (κ3) is 2.85. The zero-order valence-corrected chi connectivity index (χ0v) is 17.0. The average Bonchev–Trinajstić information content (AvgIpc) is 3.47. The number of nitrogens with two attached hydrogens (primary N) is 1. The molecular weight excluding hydrogens is 390 g/mol. The minimum absolute atomic E-state index is 0.0905. The molecule has 2 fully saturated rings. The number of nitrogens with one attached hydrogen (secondary N) is 1. The topological polar surface area (TPSA) is 109 Å². The van der Waals surface area contributed by atoms with Gasteiger partial charge in [0.2, 0.25) is 0 Å². The molecule has 31 heavy (non-hydrogen) atoms. The number of aliphatic hydroxyl groups is 2. The van der Waals surface area contributed by atoms with E-state index < -0.39 is 17.6 Å². The van der Waals surface area contributed by atoms with E-state index in [-0.39, 0.29) is 12.1 Å². The maximum absolute atomic E-state index is 11.1. The lowest BCUT2D eigenvalue weighted by Gasteiger charge is -2.27. The Morgan fingerprint density at radius 3 is 2.84 bits per heavy atom. The highest BCUT2D eigenvalue weighted by Crippen LogP contribution is 2.52. The molecule has 1 saturated carbocycles. The van der Waals surface area contributed by atoms with Crippen LogP contribution >= 0.6 is 0 Å². The predicted octanol–water partition coefficient (Wildman–Crippen LogP) is 2.55. The number of hydrogen-bond acceptors (Lipinski definition) is 6. The van der Waals surface area contributed by atoms with Crippen molar-refractivity contribution in [3.63, 3.8) is 0 Å². The Labute approximate surface area is 179 Å². The normalized spacial score (nSPS) is 30.6. The molecule has 0 bridgehead atoms. The second-order valence-corrected chi connectivity index (χ2v) is 9.03. The highest BCUT2D eigenvalue weighted by Gasteiger charge is 2.56. The van der Waals surface area contributed by atoms with Crippen LogP contribution in [-0.2, 0) is 0 Å². The molecule has 3 aromatic heterocycles. The van der Waals surface area contributed by atoms with Crippen molar-refractivity contribution >= 4 is 27.8 Å². The molecule has 1 aliphatic carbocycles. The maximum atomic E-state index is 11.1. The number of pyridine rings is 2. The first-order valence-corrected chi connectivity index (χ1v) is 10.7. The summed E-state index contributed by atoms with van der Waals surface area (Å²) in [5, 5.41) is 27.8. The van der Waals surface area contributed by atoms with E-state index in [1.165, 1.54) is 0 Å². The maximum Gasteiger partial charge on any atom is 0.140 e. The summed E-state index contributed by atoms with van der Waals surface area (Å²) in [6.07, 6.45) is 3.54. The van der Waals surface area contributed by atoms with Gasteiger partial charge >= 0.3 is 0 Å². The first kappa shape index (κ1) is 18.7. The third-order valence-electron chi connectivity index (χ3n) is 7.25. The van der Waals surface area contributed by atoms with Crippen LogP contribution in [0.2, 0.25) is 0 Å². The van der Waals surface area contributed by atoms with Crippen LogP contribution in [0.25, 0.3) is 21.9 Å². The number of anilines is 1. The summed E-state index contributed by atoms with van der Waals surface area (Å²) in [4.78, 5) is 8.95. The molecular formula is C24H25N5O2. The number of fused-ring (bicyclic) bond motifs is 2. The van der Waals surface area contributed by atoms with Gasteiger partial charge in [-0.25, -0.2) is 9.97 Å². The summed E-state index contributed by atoms with van der Waals surface area (Å²) in [5.41, 5.74) is 8.31. The molecule has 1 aromatic carbocycles. The van der Waals surface area contributed by atoms with Crippen molar-refractivity contribution in [3.8, 4) is 0 Å². The standard InChI is InChI=1S/C24H25N5O2/c25-20-6-5-14-3-4-16(10-17(14)28-20)18-11-24(13-27-18)12-19(21(30)22(24)31)29-9-7-15-2-1-8-26-23(15)29/h1-10,18-19,21-22,27,30-31H,11-13H2,(H2,25,28)/t18-,19+,21-,22-,24-/m0/s1. The van der Waals surface area contributed by atoms with Crippen molar-refractivity contribution in [1.29, 1.82) is 0 Å². The van der Waals surface area contributed by atoms with Crippen LogP contribution in [0.5, 0.6) is 0 Å². The highest BCUT2D eigenvalue weighted by molar-refractivity contribution is 5.80. The van der Waals surface area contributed by atoms with Crippen LogP contribution in [0.15, 0.2) is 60.9 Å². The molecule has 0 radical (unpaired) electrons. The summed E-state index contributed by atoms with van der Waals surface area (Å²) >= 11 is 0. The SMILES string of the molecule is Nc1ccc2ccc([C@@H]3C[C@@]4(CN3)C[C@@H](n3ccc5cccnc53)[C@H](O)[C@@H]4O)cc2n1. The fourth-order valence-corrected chi connectivity index (χ4v) is 5.61. The summed E-state index contributed by atoms with van der Waals surface area (Å²) in [6, 6.07) is 15.8. The number of aromatic nitrogens is 3. The molecule has 1 saturated heterocycles. The van der Waals surface area contributed by atoms with Crippen LogP contribution in [-0.4, -0.2) is 43.5 Å². The molecule has 6 rings (SSSR count). The number of aliphatic hydroxyl groups excluding tert-OH is 2. The highest BCUT2D eigenvalue weighted by atomic mass is 16.3. The van der Waals surface area contributed by atoms with Crippen LogP contribution < -0.4 is 11.1 Å². The van der Waals surface area contributed by atoms with E-state index in [0.29, 0.717) is 18.8 Å². The third-order valence-corrected chi connectivity index (χ3v) is 7.25. The molecule has 1 spiro atoms. The molecule has 2 aliphatic rings. The van der Waals surface area contributed by atoms with E-state index >= 15 is 0 Å². The lowest BCUT2D eigenvalue weighted by molar-refractivity contribution is -0.0218. The lowest BCUT2D eigenvalue weighted by atomic mass is 9.80. The Kier molecular flexibility index (Phi) is 4.08. The van der Waals surface area contributed by atoms with Crippen molar-refractivity contribution in [2.24, 2.45) is 5.41 Å². The van der Waals surface area contributed by atoms with Crippen molar-refractivity contribution in [2.75, 3.05) is 12.3 Å². The van der Waals surface area contributed by atoms with E-state index in [2.05, 4.69) is 33.5 Å². The second-order valence-electron chi connectivity index (χ2n) is 9.03. The van der Waals surface area contributed by atoms with Gasteiger partial charge in [-0.1, -0.05) is 12.1 Å². The molecule has 7 nitrogen and oxygen atoms in total. The predicted molar refractivity (Wildman–Crippen MR) is 119 cm³/mol. The fraction of sp³-hybridized carbons (Fsp3) is 0.333. The number of hydrogen-bond donors (Lipinski definition) is 4. The minimum Gasteiger partial charge on any atom is -0.390 e. The second kappa shape index (κ2) is 6.75. The minimum atomic E-state index is -0.837. The molecule has 0 amide bonds. The average molecular weight is 415 g/mol. The van der Waals surface area contributed by atoms with Gasteiger partial charge in [-0.15, -0.1) is 0 Å². The number of benzene rings is 1. The molecule has 5 N–H and O–H groups in total. The number of nitrogen functional groups attached to an aromatic ring is 1. The molecule has 4 heterocycles. The quantitative estimate of drug-likeness (QED) is 0.401. The van der Waals surface area contributed by atoms with E-state index in [1.807, 2.05) is 35.0 Å². The van der Waals surface area contributed by atoms with E-state index in [4.69, 9.17) is 5.73 Å². The first-order chi connectivity index (χ1) is 15.0. The van der Waals surface area contributed by atoms with Gasteiger partial charge in [0, 0.05) is 41.2 Å². The van der Waals surface area contributed by atoms with E-state index in [0.717, 1.165) is 33.9 Å². The zero-order chi connectivity index (χ0) is 21.2. The van der Waals surface area contributed by atoms with Gasteiger partial charge in [0.25, 0.3) is 0 Å². The van der Waals surface area contributed by atoms with Gasteiger partial charge in [-0.2, -0.15) is 0 Å². The monoisotopic (exact) mass is 415 g/mol. The number of nitrogens with zero attached hydrogens (tertiary/aromatic N) is 3. The number of rotatable bonds is 2. The van der Waals surface area contributed by atoms with Crippen molar-refractivity contribution in [2.45, 2.75) is 37.1 Å². The van der Waals surface area contributed by atoms with Crippen LogP contribution in [0.1, 0.15) is 30.5 Å². The van der Waals surface area contributed by atoms with Gasteiger partial charge in [0.1, 0.15) is 17.6 Å². The van der Waals surface area contributed by atoms with Crippen LogP contribution in [0.3, 0.4) is 0 Å². The fourth-order valence-electron chi connectivity index (χ4n) is 5.61. The summed E-state index contributed by atoms with van der Waals surface area (Å²) in [5.74, 6) is 0.505. The van der Waals surface area contributed by atoms with E-state index in [9.17, 15) is 10.2 Å². The lowest BCUT2D eigenvalue weighted by Crippen LogP contribution is -2.38. The van der Waals surface area contributed by atoms with Crippen molar-refractivity contribution < 1.29 is 10.2 Å². The van der Waals surface area contributed by atoms with Gasteiger partial charge in [0.05, 0.1) is 17.7 Å². The van der Waals surface area contributed by atoms with Crippen LogP contribution in [0.4, 0.5) is 5.82 Å². The molecule has 1 aliphatic heterocycles. The Hall–Kier alpha value is -3.00. The molecule has 158 valence electrons. The molecule has 0 unspecified atom stereocenters. The summed E-state index contributed by atoms with van der Waals surface area (Å²) in [7, 11) is 0. The first-order valence-electron chi connectivity index (χ1n) is 10.7. The Morgan fingerprint density at radius 1 is 1.06 bits per heavy atom. The molecule has 7 heteroatoms. The zero-order valence-electron chi connectivity index (χ0n) is 17.0. The Balaban J connectivity index is 1.30. The van der Waals surface area contributed by atoms with Crippen molar-refractivity contribution in [1.82, 2.24) is 19.9 Å². The van der Waals surface area contributed by atoms with Gasteiger partial charge in [0.15, 0.2) is 0 Å². The van der Waals surface area contributed by atoms with Gasteiger partial charge in [-0.3, -0.25) is 0 Å². The van der Waals surface area contributed by atoms with Crippen LogP contribution in [0, 0.1) is 5.41 Å². The molecule has 4 aromatic rings. The molecule has 5 atom stereocenters. The van der Waals surface area contributed by atoms with Gasteiger partial charge < -0.3 is 25.8 Å². The van der Waals surface area contributed by atoms with E-state index in [1.54, 1.807) is 12.3 Å². The van der Waals surface area contributed by atoms with Gasteiger partial charge in [-0.05, 0) is 54.8 Å². The largest absolute Gasteiger partial charge is 0.390 e. The Bertz CT molecular complexity index is 1290. The van der Waals surface area contributed by atoms with Crippen molar-refractivity contribution in [3.05, 3.63) is 66.5 Å². The summed E-state index contributed by atoms with van der Waals surface area (Å²) < 4.78 is 2.02. The smallest absolute Gasteiger partial charge is 0.140 e. The Morgan fingerprint density at radius 2 is 1.94 bits per heavy atom.